The molecular weight excluding hydrogens is 1150 g/mol. The molecule has 0 radical (unpaired) electrons. The Morgan fingerprint density at radius 3 is 1.10 bits per heavy atom. The Morgan fingerprint density at radius 1 is 0.265 bits per heavy atom. The van der Waals surface area contributed by atoms with Crippen LogP contribution in [0.5, 0.6) is 0 Å². The van der Waals surface area contributed by atoms with Gasteiger partial charge < -0.3 is 0 Å². The third kappa shape index (κ3) is 57.8. The molecule has 296 valence electrons. The first-order valence-electron chi connectivity index (χ1n) is 14.1. The molecule has 0 aromatic carbocycles. The lowest BCUT2D eigenvalue weighted by Gasteiger charge is -2.03. The first kappa shape index (κ1) is 58.8. The van der Waals surface area contributed by atoms with E-state index in [1.165, 1.54) is 124 Å². The molecule has 28 heteroatoms. The maximum Gasteiger partial charge on any atom is 0.0608 e. The molecule has 0 rings (SSSR count). The van der Waals surface area contributed by atoms with Gasteiger partial charge in [0.05, 0.1) is 25.4 Å². The van der Waals surface area contributed by atoms with Crippen molar-refractivity contribution >= 4 is 300 Å². The van der Waals surface area contributed by atoms with E-state index in [0.29, 0.717) is 0 Å². The lowest BCUT2D eigenvalue weighted by atomic mass is 10.2. The van der Waals surface area contributed by atoms with Crippen molar-refractivity contribution in [2.24, 2.45) is 0 Å². The molecule has 0 aliphatic rings. The summed E-state index contributed by atoms with van der Waals surface area (Å²) in [7, 11) is 49.1. The van der Waals surface area contributed by atoms with Crippen LogP contribution in [0, 0.1) is 0 Å². The third-order valence-corrected chi connectivity index (χ3v) is 44.7. The van der Waals surface area contributed by atoms with Gasteiger partial charge in [0.15, 0.2) is 0 Å². The Balaban J connectivity index is 3.04. The van der Waals surface area contributed by atoms with Gasteiger partial charge in [0.1, 0.15) is 0 Å². The van der Waals surface area contributed by atoms with E-state index in [-0.39, 0.29) is 0 Å². The smallest absolute Gasteiger partial charge is 0.0608 e. The van der Waals surface area contributed by atoms with Gasteiger partial charge in [-0.3, -0.25) is 0 Å². The van der Waals surface area contributed by atoms with Gasteiger partial charge in [-0.05, 0) is 83.3 Å². The molecule has 0 aliphatic heterocycles. The first-order chi connectivity index (χ1) is 24.4. The first-order valence-corrected chi connectivity index (χ1v) is 48.3. The Morgan fingerprint density at radius 2 is 0.633 bits per heavy atom. The van der Waals surface area contributed by atoms with E-state index in [4.69, 9.17) is 0 Å². The predicted molar refractivity (Wildman–Crippen MR) is 317 cm³/mol. The topological polar surface area (TPSA) is 0 Å². The van der Waals surface area contributed by atoms with E-state index >= 15 is 0 Å². The normalized spacial score (nSPS) is 11.6. The second-order valence-electron chi connectivity index (χ2n) is 7.33. The minimum absolute atomic E-state index is 1.04. The van der Waals surface area contributed by atoms with E-state index in [9.17, 15) is 0 Å². The van der Waals surface area contributed by atoms with Crippen LogP contribution in [0.25, 0.3) is 0 Å². The Kier molecular flexibility index (Phi) is 69.4. The molecule has 0 aromatic rings. The van der Waals surface area contributed by atoms with Crippen LogP contribution in [0.3, 0.4) is 0 Å². The average molecular weight is 1190 g/mol. The van der Waals surface area contributed by atoms with Crippen molar-refractivity contribution in [2.45, 2.75) is 25.7 Å². The second kappa shape index (κ2) is 57.8. The van der Waals surface area contributed by atoms with Crippen LogP contribution in [-0.2, 0) is 0 Å². The summed E-state index contributed by atoms with van der Waals surface area (Å²) in [6.45, 7) is 0. The van der Waals surface area contributed by atoms with Crippen LogP contribution in [0.1, 0.15) is 25.7 Å². The van der Waals surface area contributed by atoms with Crippen molar-refractivity contribution in [3.05, 3.63) is 0 Å². The molecule has 0 saturated carbocycles. The van der Waals surface area contributed by atoms with E-state index in [2.05, 4.69) is 36.1 Å². The van der Waals surface area contributed by atoms with Crippen LogP contribution in [0.2, 0.25) is 0 Å². The van der Waals surface area contributed by atoms with Crippen LogP contribution in [-0.4, -0.2) is 94.5 Å². The zero-order valence-electron chi connectivity index (χ0n) is 26.4. The largest absolute Gasteiger partial charge is 0.179 e. The fourth-order valence-corrected chi connectivity index (χ4v) is 43.7. The Hall–Kier alpha value is 9.80. The second-order valence-corrected chi connectivity index (χ2v) is 46.1. The molecule has 0 spiro atoms. The number of thioether (sulfide) groups is 1. The summed E-state index contributed by atoms with van der Waals surface area (Å²) in [6.07, 6.45) is 5.37. The molecule has 0 aromatic heterocycles. The Labute approximate surface area is 412 Å². The van der Waals surface area contributed by atoms with Gasteiger partial charge in [0, 0.05) is 57.5 Å². The molecule has 49 heavy (non-hydrogen) atoms. The van der Waals surface area contributed by atoms with Gasteiger partial charge in [-0.15, -0.1) is 0 Å². The molecule has 0 unspecified atom stereocenters. The predicted octanol–water partition coefficient (Wildman–Crippen LogP) is 19.9. The number of unbranched alkanes of at least 4 members (excludes halogenated alkanes) is 3. The van der Waals surface area contributed by atoms with Gasteiger partial charge >= 0.3 is 0 Å². The molecule has 0 amide bonds. The van der Waals surface area contributed by atoms with Crippen LogP contribution >= 0.6 is 300 Å². The maximum absolute atomic E-state index is 4.27. The molecule has 0 N–H and O–H groups in total. The highest BCUT2D eigenvalue weighted by Gasteiger charge is 2.00. The van der Waals surface area contributed by atoms with E-state index in [1.807, 2.05) is 244 Å². The van der Waals surface area contributed by atoms with Crippen LogP contribution in [0.15, 0.2) is 0 Å². The highest BCUT2D eigenvalue weighted by molar-refractivity contribution is 9.36. The van der Waals surface area contributed by atoms with Gasteiger partial charge in [-0.25, -0.2) is 0 Å². The van der Waals surface area contributed by atoms with Gasteiger partial charge in [0.2, 0.25) is 0 Å². The van der Waals surface area contributed by atoms with E-state index < -0.39 is 0 Å². The molecule has 0 heterocycles. The number of hydrogen-bond acceptors (Lipinski definition) is 28. The monoisotopic (exact) mass is 1190 g/mol. The number of hydrogen-bond donors (Lipinski definition) is 2. The zero-order chi connectivity index (χ0) is 35.2. The average Bonchev–Trinajstić information content (AvgIpc) is 3.11. The molecule has 0 nitrogen and oxygen atoms in total. The molecule has 0 saturated heterocycles. The lowest BCUT2D eigenvalue weighted by molar-refractivity contribution is 0.712. The molecule has 0 atom stereocenters. The lowest BCUT2D eigenvalue weighted by Crippen LogP contribution is -1.86. The van der Waals surface area contributed by atoms with Crippen LogP contribution < -0.4 is 0 Å². The summed E-state index contributed by atoms with van der Waals surface area (Å²) in [4.78, 5) is 0. The van der Waals surface area contributed by atoms with Crippen molar-refractivity contribution in [1.82, 2.24) is 0 Å². The summed E-state index contributed by atoms with van der Waals surface area (Å²) < 4.78 is 0. The summed E-state index contributed by atoms with van der Waals surface area (Å²) in [5.41, 5.74) is 0. The number of thiol groups is 2. The Bertz CT molecular complexity index is 524. The van der Waals surface area contributed by atoms with Crippen molar-refractivity contribution in [3.8, 4) is 0 Å². The zero-order valence-corrected chi connectivity index (χ0v) is 49.4. The standard InChI is InChI=1S/C21H44S28/c22-5-3-1-2-4-6-24-7-8-33-47-49-48-43-21-40-30-14-13-29-39-20-42-45-41-19-38-28-12-11-27-35-17-34-25-9-10-26-36-18-37-31-15-16-32-46-44-23/h22-23H,1-21H2. The minimum Gasteiger partial charge on any atom is -0.179 e. The third-order valence-electron chi connectivity index (χ3n) is 3.90. The SMILES string of the molecule is SCCCCCCSCCSSSSSCSSCCSSCSSSCSSCCSSCSSCCSSCSSCCSSSS. The highest BCUT2D eigenvalue weighted by Crippen LogP contribution is 2.50. The summed E-state index contributed by atoms with van der Waals surface area (Å²) >= 11 is 10.5. The van der Waals surface area contributed by atoms with Crippen molar-refractivity contribution in [2.75, 3.05) is 94.5 Å². The van der Waals surface area contributed by atoms with Gasteiger partial charge in [-0.2, -0.15) is 24.4 Å². The van der Waals surface area contributed by atoms with E-state index in [0.717, 1.165) is 5.75 Å². The fourth-order valence-electron chi connectivity index (χ4n) is 2.12. The minimum atomic E-state index is 1.04. The fraction of sp³-hybridized carbons (Fsp3) is 1.00. The molecule has 0 bridgehead atoms. The molecule has 0 fully saturated rings. The maximum atomic E-state index is 4.27. The quantitative estimate of drug-likeness (QED) is 0.0257. The van der Waals surface area contributed by atoms with Crippen molar-refractivity contribution in [3.63, 3.8) is 0 Å². The van der Waals surface area contributed by atoms with Crippen molar-refractivity contribution < 1.29 is 0 Å². The molecular formula is C21H44S28. The summed E-state index contributed by atoms with van der Waals surface area (Å²) in [5.74, 6) is 14.8. The van der Waals surface area contributed by atoms with E-state index in [1.54, 1.807) is 9.83 Å². The van der Waals surface area contributed by atoms with Gasteiger partial charge in [-0.1, -0.05) is 230 Å². The summed E-state index contributed by atoms with van der Waals surface area (Å²) in [6, 6.07) is 0. The highest BCUT2D eigenvalue weighted by atomic mass is 33.8. The number of rotatable bonds is 46. The summed E-state index contributed by atoms with van der Waals surface area (Å²) in [5, 5.41) is 5.87. The molecule has 0 aliphatic carbocycles. The van der Waals surface area contributed by atoms with Crippen molar-refractivity contribution in [1.29, 1.82) is 0 Å². The van der Waals surface area contributed by atoms with Gasteiger partial charge in [0.25, 0.3) is 0 Å². The van der Waals surface area contributed by atoms with Crippen LogP contribution in [0.4, 0.5) is 0 Å².